The Morgan fingerprint density at radius 1 is 1.14 bits per heavy atom. The highest BCUT2D eigenvalue weighted by Crippen LogP contribution is 2.33. The van der Waals surface area contributed by atoms with Gasteiger partial charge < -0.3 is 4.74 Å². The van der Waals surface area contributed by atoms with E-state index in [0.717, 1.165) is 25.6 Å². The van der Waals surface area contributed by atoms with Gasteiger partial charge in [-0.15, -0.1) is 11.3 Å². The smallest absolute Gasteiger partial charge is 0.0743 e. The van der Waals surface area contributed by atoms with Crippen LogP contribution in [-0.4, -0.2) is 54.7 Å². The zero-order chi connectivity index (χ0) is 14.9. The van der Waals surface area contributed by atoms with Gasteiger partial charge in [-0.2, -0.15) is 0 Å². The maximum absolute atomic E-state index is 6.13. The van der Waals surface area contributed by atoms with Crippen LogP contribution >= 0.6 is 11.3 Å². The van der Waals surface area contributed by atoms with Crippen LogP contribution in [0.25, 0.3) is 0 Å². The molecule has 2 unspecified atom stereocenters. The monoisotopic (exact) mass is 320 g/mol. The van der Waals surface area contributed by atoms with Crippen LogP contribution < -0.4 is 0 Å². The minimum atomic E-state index is 0.475. The van der Waals surface area contributed by atoms with Gasteiger partial charge in [0.1, 0.15) is 0 Å². The maximum atomic E-state index is 6.13. The Labute approximate surface area is 138 Å². The van der Waals surface area contributed by atoms with E-state index in [4.69, 9.17) is 4.74 Å². The molecule has 1 aromatic rings. The molecule has 0 aromatic carbocycles. The Morgan fingerprint density at radius 2 is 2.00 bits per heavy atom. The summed E-state index contributed by atoms with van der Waals surface area (Å²) in [6, 6.07) is 5.22. The number of morpholine rings is 1. The molecule has 0 bridgehead atoms. The Balaban J connectivity index is 1.37. The predicted molar refractivity (Wildman–Crippen MR) is 91.4 cm³/mol. The normalized spacial score (nSPS) is 31.0. The van der Waals surface area contributed by atoms with Gasteiger partial charge in [-0.1, -0.05) is 0 Å². The summed E-state index contributed by atoms with van der Waals surface area (Å²) in [4.78, 5) is 8.34. The lowest BCUT2D eigenvalue weighted by Crippen LogP contribution is -2.51. The van der Waals surface area contributed by atoms with Crippen molar-refractivity contribution < 1.29 is 4.74 Å². The van der Waals surface area contributed by atoms with Crippen molar-refractivity contribution in [2.45, 2.75) is 51.3 Å². The van der Waals surface area contributed by atoms with Crippen LogP contribution in [0.15, 0.2) is 12.1 Å². The third-order valence-electron chi connectivity index (χ3n) is 5.44. The SMILES string of the molecule is Cc1ccc(CN2CCC3OCCN(CC4CC4)C3CC2)s1. The second kappa shape index (κ2) is 6.60. The number of hydrogen-bond donors (Lipinski definition) is 0. The molecule has 2 atom stereocenters. The van der Waals surface area contributed by atoms with Gasteiger partial charge in [0.2, 0.25) is 0 Å². The van der Waals surface area contributed by atoms with Gasteiger partial charge >= 0.3 is 0 Å². The van der Waals surface area contributed by atoms with Crippen LogP contribution in [0.4, 0.5) is 0 Å². The topological polar surface area (TPSA) is 15.7 Å². The first-order valence-electron chi connectivity index (χ1n) is 8.91. The third-order valence-corrected chi connectivity index (χ3v) is 6.43. The van der Waals surface area contributed by atoms with Gasteiger partial charge in [0.05, 0.1) is 12.7 Å². The fourth-order valence-corrected chi connectivity index (χ4v) is 4.95. The van der Waals surface area contributed by atoms with E-state index in [-0.39, 0.29) is 0 Å². The minimum Gasteiger partial charge on any atom is -0.375 e. The van der Waals surface area contributed by atoms with E-state index in [0.29, 0.717) is 12.1 Å². The highest BCUT2D eigenvalue weighted by molar-refractivity contribution is 7.11. The summed E-state index contributed by atoms with van der Waals surface area (Å²) in [5.41, 5.74) is 0. The van der Waals surface area contributed by atoms with Gasteiger partial charge in [0.15, 0.2) is 0 Å². The first-order valence-corrected chi connectivity index (χ1v) is 9.73. The second-order valence-corrected chi connectivity index (χ2v) is 8.65. The second-order valence-electron chi connectivity index (χ2n) is 7.28. The molecule has 3 nitrogen and oxygen atoms in total. The number of aryl methyl sites for hydroxylation is 1. The maximum Gasteiger partial charge on any atom is 0.0743 e. The van der Waals surface area contributed by atoms with Gasteiger partial charge in [0.25, 0.3) is 0 Å². The van der Waals surface area contributed by atoms with E-state index in [2.05, 4.69) is 28.9 Å². The zero-order valence-electron chi connectivity index (χ0n) is 13.7. The summed E-state index contributed by atoms with van der Waals surface area (Å²) in [6.07, 6.45) is 5.87. The first kappa shape index (κ1) is 15.1. The highest BCUT2D eigenvalue weighted by atomic mass is 32.1. The molecule has 0 amide bonds. The Kier molecular flexibility index (Phi) is 4.54. The van der Waals surface area contributed by atoms with Crippen LogP contribution in [0, 0.1) is 12.8 Å². The summed E-state index contributed by atoms with van der Waals surface area (Å²) < 4.78 is 6.13. The van der Waals surface area contributed by atoms with Crippen molar-refractivity contribution in [3.63, 3.8) is 0 Å². The van der Waals surface area contributed by atoms with Crippen molar-refractivity contribution in [2.24, 2.45) is 5.92 Å². The number of fused-ring (bicyclic) bond motifs is 1. The van der Waals surface area contributed by atoms with Crippen LogP contribution in [0.3, 0.4) is 0 Å². The average Bonchev–Trinajstić information content (AvgIpc) is 3.26. The number of hydrogen-bond acceptors (Lipinski definition) is 4. The number of rotatable bonds is 4. The van der Waals surface area contributed by atoms with Crippen LogP contribution in [0.5, 0.6) is 0 Å². The molecule has 22 heavy (non-hydrogen) atoms. The molecule has 2 saturated heterocycles. The molecular weight excluding hydrogens is 292 g/mol. The summed E-state index contributed by atoms with van der Waals surface area (Å²) >= 11 is 1.95. The lowest BCUT2D eigenvalue weighted by molar-refractivity contribution is -0.0727. The van der Waals surface area contributed by atoms with E-state index < -0.39 is 0 Å². The molecule has 3 heterocycles. The van der Waals surface area contributed by atoms with Crippen LogP contribution in [0.1, 0.15) is 35.4 Å². The van der Waals surface area contributed by atoms with E-state index in [9.17, 15) is 0 Å². The van der Waals surface area contributed by atoms with Gasteiger partial charge in [0, 0.05) is 48.5 Å². The summed E-state index contributed by atoms with van der Waals surface area (Å²) in [5.74, 6) is 0.993. The molecule has 4 heteroatoms. The van der Waals surface area contributed by atoms with E-state index in [1.165, 1.54) is 55.1 Å². The first-order chi connectivity index (χ1) is 10.8. The summed E-state index contributed by atoms with van der Waals surface area (Å²) in [6.45, 7) is 9.17. The van der Waals surface area contributed by atoms with E-state index in [1.807, 2.05) is 11.3 Å². The van der Waals surface area contributed by atoms with Crippen molar-refractivity contribution in [1.82, 2.24) is 9.80 Å². The van der Waals surface area contributed by atoms with Crippen molar-refractivity contribution in [3.05, 3.63) is 21.9 Å². The minimum absolute atomic E-state index is 0.475. The summed E-state index contributed by atoms with van der Waals surface area (Å²) in [7, 11) is 0. The standard InChI is InChI=1S/C18H28N2OS/c1-14-2-5-16(22-14)13-19-8-6-17-18(7-9-19)21-11-10-20(17)12-15-3-4-15/h2,5,15,17-18H,3-4,6-13H2,1H3. The Hall–Kier alpha value is -0.420. The molecule has 0 radical (unpaired) electrons. The third kappa shape index (κ3) is 3.56. The zero-order valence-corrected chi connectivity index (χ0v) is 14.5. The van der Waals surface area contributed by atoms with Crippen molar-refractivity contribution >= 4 is 11.3 Å². The summed E-state index contributed by atoms with van der Waals surface area (Å²) in [5, 5.41) is 0. The molecule has 1 aromatic heterocycles. The molecule has 1 saturated carbocycles. The lowest BCUT2D eigenvalue weighted by atomic mass is 10.0. The van der Waals surface area contributed by atoms with Gasteiger partial charge in [-0.05, 0) is 50.7 Å². The van der Waals surface area contributed by atoms with Crippen LogP contribution in [0.2, 0.25) is 0 Å². The van der Waals surface area contributed by atoms with E-state index in [1.54, 1.807) is 0 Å². The fourth-order valence-electron chi connectivity index (χ4n) is 4.02. The average molecular weight is 321 g/mol. The van der Waals surface area contributed by atoms with Gasteiger partial charge in [-0.3, -0.25) is 9.80 Å². The molecule has 0 N–H and O–H groups in total. The molecule has 0 spiro atoms. The molecule has 1 aliphatic carbocycles. The van der Waals surface area contributed by atoms with Crippen molar-refractivity contribution in [2.75, 3.05) is 32.8 Å². The van der Waals surface area contributed by atoms with E-state index >= 15 is 0 Å². The molecular formula is C18H28N2OS. The van der Waals surface area contributed by atoms with Crippen LogP contribution in [-0.2, 0) is 11.3 Å². The predicted octanol–water partition coefficient (Wildman–Crippen LogP) is 3.13. The lowest BCUT2D eigenvalue weighted by Gasteiger charge is -2.40. The van der Waals surface area contributed by atoms with Crippen molar-refractivity contribution in [3.8, 4) is 0 Å². The number of nitrogens with zero attached hydrogens (tertiary/aromatic N) is 2. The fraction of sp³-hybridized carbons (Fsp3) is 0.778. The molecule has 4 rings (SSSR count). The molecule has 3 aliphatic rings. The van der Waals surface area contributed by atoms with Crippen molar-refractivity contribution in [1.29, 1.82) is 0 Å². The molecule has 3 fully saturated rings. The Bertz CT molecular complexity index is 499. The Morgan fingerprint density at radius 3 is 2.77 bits per heavy atom. The number of thiophene rings is 1. The number of ether oxygens (including phenoxy) is 1. The highest BCUT2D eigenvalue weighted by Gasteiger charge is 2.37. The van der Waals surface area contributed by atoms with Gasteiger partial charge in [-0.25, -0.2) is 0 Å². The quantitative estimate of drug-likeness (QED) is 0.848. The molecule has 2 aliphatic heterocycles. The number of likely N-dealkylation sites (tertiary alicyclic amines) is 1. The molecule has 122 valence electrons. The largest absolute Gasteiger partial charge is 0.375 e.